The molecule has 4 aromatic rings. The molecule has 14 heteroatoms. The molecule has 9 nitrogen and oxygen atoms in total. The van der Waals surface area contributed by atoms with Crippen molar-refractivity contribution in [2.45, 2.75) is 19.4 Å². The molecule has 1 fully saturated rings. The van der Waals surface area contributed by atoms with E-state index >= 15 is 13.2 Å². The van der Waals surface area contributed by atoms with Crippen LogP contribution in [0.2, 0.25) is 0 Å². The molecule has 0 amide bonds. The van der Waals surface area contributed by atoms with Crippen LogP contribution in [0.5, 0.6) is 0 Å². The number of nitrogens with zero attached hydrogens (tertiary/aromatic N) is 7. The summed E-state index contributed by atoms with van der Waals surface area (Å²) in [6.45, 7) is 5.74. The molecule has 204 valence electrons. The second kappa shape index (κ2) is 10.6. The summed E-state index contributed by atoms with van der Waals surface area (Å²) in [6.07, 6.45) is 4.60. The molecule has 1 aliphatic heterocycles. The molecule has 0 saturated carbocycles. The number of aryl methyl sites for hydroxylation is 1. The molecular formula is C25H23F5N8O. The van der Waals surface area contributed by atoms with E-state index in [4.69, 9.17) is 10.1 Å². The van der Waals surface area contributed by atoms with Crippen molar-refractivity contribution in [3.05, 3.63) is 71.2 Å². The van der Waals surface area contributed by atoms with Crippen LogP contribution in [0.4, 0.5) is 22.0 Å². The van der Waals surface area contributed by atoms with Crippen molar-refractivity contribution < 1.29 is 26.8 Å². The first-order chi connectivity index (χ1) is 18.7. The van der Waals surface area contributed by atoms with Crippen LogP contribution in [0.15, 0.2) is 48.1 Å². The van der Waals surface area contributed by atoms with Crippen molar-refractivity contribution in [2.75, 3.05) is 32.8 Å². The highest BCUT2D eigenvalue weighted by atomic mass is 19.3. The number of aromatic nitrogens is 5. The maximum atomic E-state index is 15.6. The first-order valence-corrected chi connectivity index (χ1v) is 12.0. The molecule has 1 aromatic carbocycles. The highest BCUT2D eigenvalue weighted by molar-refractivity contribution is 5.93. The van der Waals surface area contributed by atoms with Crippen LogP contribution in [-0.4, -0.2) is 68.1 Å². The number of benzene rings is 1. The molecular weight excluding hydrogens is 523 g/mol. The standard InChI is InChI=1S/C25H23F5N8O/c1-15-2-3-21(31)38(35-15)24(34-30)25(28,29)22-19(26)11-20-18(23(22)27)10-16(12-32-20)17-13-33-37(14-17)5-4-36-6-8-39-9-7-36/h2-3,10-14,31H,4-9H2,1H3/b31-21?,34-24-. The Morgan fingerprint density at radius 2 is 1.87 bits per heavy atom. The fourth-order valence-electron chi connectivity index (χ4n) is 4.36. The van der Waals surface area contributed by atoms with Gasteiger partial charge in [0.2, 0.25) is 5.84 Å². The van der Waals surface area contributed by atoms with Crippen LogP contribution in [0.3, 0.4) is 0 Å². The Labute approximate surface area is 218 Å². The van der Waals surface area contributed by atoms with Crippen molar-refractivity contribution in [2.24, 2.45) is 5.21 Å². The molecule has 0 bridgehead atoms. The van der Waals surface area contributed by atoms with Gasteiger partial charge in [0.05, 0.1) is 37.2 Å². The summed E-state index contributed by atoms with van der Waals surface area (Å²) in [5.41, 5.74) is -1.54. The smallest absolute Gasteiger partial charge is 0.340 e. The lowest BCUT2D eigenvalue weighted by Gasteiger charge is -2.26. The van der Waals surface area contributed by atoms with Gasteiger partial charge in [-0.2, -0.15) is 23.7 Å². The normalized spacial score (nSPS) is 15.3. The largest absolute Gasteiger partial charge is 0.379 e. The van der Waals surface area contributed by atoms with Gasteiger partial charge in [0.1, 0.15) is 22.7 Å². The van der Waals surface area contributed by atoms with Gasteiger partial charge < -0.3 is 4.74 Å². The minimum Gasteiger partial charge on any atom is -0.379 e. The van der Waals surface area contributed by atoms with Crippen LogP contribution in [-0.2, 0) is 17.2 Å². The Hall–Kier alpha value is -4.04. The van der Waals surface area contributed by atoms with E-state index in [1.807, 2.05) is 0 Å². The lowest BCUT2D eigenvalue weighted by atomic mass is 10.0. The van der Waals surface area contributed by atoms with Gasteiger partial charge in [0.15, 0.2) is 0 Å². The zero-order chi connectivity index (χ0) is 27.7. The summed E-state index contributed by atoms with van der Waals surface area (Å²) in [6, 6.07) is 4.30. The van der Waals surface area contributed by atoms with Gasteiger partial charge >= 0.3 is 5.92 Å². The van der Waals surface area contributed by atoms with E-state index in [2.05, 4.69) is 25.3 Å². The van der Waals surface area contributed by atoms with E-state index in [0.29, 0.717) is 37.0 Å². The number of hydrogen-bond acceptors (Lipinski definition) is 7. The summed E-state index contributed by atoms with van der Waals surface area (Å²) in [5.74, 6) is -9.66. The molecule has 39 heavy (non-hydrogen) atoms. The SMILES string of the molecule is Cc1ccc(=N)n(/C(=N\F)C(F)(F)c2c(F)cc3ncc(-c4cnn(CCN5CCOCC5)c4)cc3c2F)n1. The van der Waals surface area contributed by atoms with Crippen molar-refractivity contribution in [1.29, 1.82) is 5.41 Å². The van der Waals surface area contributed by atoms with Crippen molar-refractivity contribution in [1.82, 2.24) is 29.4 Å². The summed E-state index contributed by atoms with van der Waals surface area (Å²) in [7, 11) is 0. The zero-order valence-electron chi connectivity index (χ0n) is 20.7. The van der Waals surface area contributed by atoms with E-state index in [0.717, 1.165) is 25.7 Å². The van der Waals surface area contributed by atoms with Crippen LogP contribution in [0.25, 0.3) is 22.0 Å². The van der Waals surface area contributed by atoms with E-state index in [9.17, 15) is 8.87 Å². The number of ether oxygens (including phenoxy) is 1. The predicted molar refractivity (Wildman–Crippen MR) is 131 cm³/mol. The number of morpholine rings is 1. The monoisotopic (exact) mass is 546 g/mol. The summed E-state index contributed by atoms with van der Waals surface area (Å²) in [4.78, 5) is 6.28. The summed E-state index contributed by atoms with van der Waals surface area (Å²) < 4.78 is 82.3. The second-order valence-electron chi connectivity index (χ2n) is 9.04. The van der Waals surface area contributed by atoms with Crippen molar-refractivity contribution in [3.63, 3.8) is 0 Å². The fraction of sp³-hybridized carbons (Fsp3) is 0.320. The molecule has 4 heterocycles. The van der Waals surface area contributed by atoms with Crippen molar-refractivity contribution in [3.8, 4) is 11.1 Å². The molecule has 1 aliphatic rings. The molecule has 0 radical (unpaired) electrons. The summed E-state index contributed by atoms with van der Waals surface area (Å²) in [5, 5.41) is 17.4. The average Bonchev–Trinajstić information content (AvgIpc) is 3.39. The van der Waals surface area contributed by atoms with Gasteiger partial charge in [-0.3, -0.25) is 20.0 Å². The molecule has 0 unspecified atom stereocenters. The number of halogens is 5. The molecule has 5 rings (SSSR count). The van der Waals surface area contributed by atoms with Gasteiger partial charge in [-0.1, -0.05) is 9.70 Å². The van der Waals surface area contributed by atoms with Crippen molar-refractivity contribution >= 4 is 16.7 Å². The van der Waals surface area contributed by atoms with Crippen LogP contribution < -0.4 is 5.49 Å². The maximum Gasteiger partial charge on any atom is 0.340 e. The Kier molecular flexibility index (Phi) is 7.23. The first-order valence-electron chi connectivity index (χ1n) is 12.0. The topological polar surface area (TPSA) is 97.2 Å². The van der Waals surface area contributed by atoms with Crippen LogP contribution in [0, 0.1) is 24.0 Å². The highest BCUT2D eigenvalue weighted by Gasteiger charge is 2.46. The number of rotatable bonds is 6. The Morgan fingerprint density at radius 3 is 2.62 bits per heavy atom. The average molecular weight is 547 g/mol. The number of nitrogens with one attached hydrogen (secondary N) is 1. The van der Waals surface area contributed by atoms with Gasteiger partial charge in [-0.15, -0.1) is 0 Å². The third-order valence-electron chi connectivity index (χ3n) is 6.44. The third kappa shape index (κ3) is 5.16. The summed E-state index contributed by atoms with van der Waals surface area (Å²) >= 11 is 0. The number of hydrogen-bond donors (Lipinski definition) is 1. The molecule has 0 aliphatic carbocycles. The molecule has 1 saturated heterocycles. The van der Waals surface area contributed by atoms with Gasteiger partial charge in [0, 0.05) is 54.6 Å². The van der Waals surface area contributed by atoms with Gasteiger partial charge in [-0.25, -0.2) is 8.78 Å². The van der Waals surface area contributed by atoms with Crippen LogP contribution in [0.1, 0.15) is 11.3 Å². The molecule has 0 spiro atoms. The molecule has 0 atom stereocenters. The lowest BCUT2D eigenvalue weighted by Crippen LogP contribution is -2.41. The minimum atomic E-state index is -4.63. The number of alkyl halides is 2. The highest BCUT2D eigenvalue weighted by Crippen LogP contribution is 2.38. The predicted octanol–water partition coefficient (Wildman–Crippen LogP) is 3.62. The van der Waals surface area contributed by atoms with E-state index in [1.54, 1.807) is 10.9 Å². The Bertz CT molecular complexity index is 1610. The zero-order valence-corrected chi connectivity index (χ0v) is 20.7. The number of fused-ring (bicyclic) bond motifs is 1. The minimum absolute atomic E-state index is 0.154. The lowest BCUT2D eigenvalue weighted by molar-refractivity contribution is 0.0360. The van der Waals surface area contributed by atoms with Gasteiger partial charge in [-0.05, 0) is 25.1 Å². The quantitative estimate of drug-likeness (QED) is 0.227. The maximum absolute atomic E-state index is 15.6. The van der Waals surface area contributed by atoms with Crippen LogP contribution >= 0.6 is 0 Å². The van der Waals surface area contributed by atoms with E-state index in [1.165, 1.54) is 31.5 Å². The Balaban J connectivity index is 1.50. The first kappa shape index (κ1) is 26.6. The fourth-order valence-corrected chi connectivity index (χ4v) is 4.36. The third-order valence-corrected chi connectivity index (χ3v) is 6.44. The van der Waals surface area contributed by atoms with Gasteiger partial charge in [0.25, 0.3) is 0 Å². The molecule has 1 N–H and O–H groups in total. The molecule has 3 aromatic heterocycles. The Morgan fingerprint density at radius 1 is 1.10 bits per heavy atom. The van der Waals surface area contributed by atoms with E-state index in [-0.39, 0.29) is 15.9 Å². The second-order valence-corrected chi connectivity index (χ2v) is 9.04. The number of pyridine rings is 1. The van der Waals surface area contributed by atoms with E-state index < -0.39 is 39.8 Å².